The number of likely N-dealkylation sites (N-methyl/N-ethyl adjacent to an activating group) is 5. The Morgan fingerprint density at radius 1 is 0.327 bits per heavy atom. The molecular formula is C104H82Cl2F3N11O22S5. The average molecular weight is 2130 g/mol. The lowest BCUT2D eigenvalue weighted by molar-refractivity contribution is -0.384. The van der Waals surface area contributed by atoms with E-state index in [1.54, 1.807) is 171 Å². The highest BCUT2D eigenvalue weighted by Crippen LogP contribution is 2.46. The van der Waals surface area contributed by atoms with Crippen molar-refractivity contribution in [3.05, 3.63) is 362 Å². The van der Waals surface area contributed by atoms with Crippen LogP contribution in [-0.4, -0.2) is 162 Å². The van der Waals surface area contributed by atoms with Crippen molar-refractivity contribution in [3.63, 3.8) is 0 Å². The number of rotatable bonds is 12. The van der Waals surface area contributed by atoms with Crippen molar-refractivity contribution in [2.45, 2.75) is 81.0 Å². The SMILES string of the molecule is CCN1C(=O)C(C(=O)Nc2ccc(Cl)cc2)c2cc3ccccc3cc2S1(=O)=O.CN1C(=O)C(C(=O)Nc2ccc([N+](=O)[O-])cc2)c2cc3ccccc3cc2S1(=O)=O.CN1C(=O)C(C(=O)Nc2cccc(C(F)(F)F)c2)c2cc3ccccc3cc2S1(=O)=O.Cc1ccc(NC(=O)C2C(=O)N(C)S(=O)(=O)c3cc4ccccc4cc32)cc1.Cc1ccc(NC(=O)C2C(=O)N(C)S(=O)(=O)c3cc4ccccc4cc32)cc1Cl. The van der Waals surface area contributed by atoms with Gasteiger partial charge in [-0.15, -0.1) is 0 Å². The van der Waals surface area contributed by atoms with E-state index < -0.39 is 155 Å². The summed E-state index contributed by atoms with van der Waals surface area (Å²) in [7, 11) is -15.8. The summed E-state index contributed by atoms with van der Waals surface area (Å²) < 4.78 is 170. The predicted molar refractivity (Wildman–Crippen MR) is 544 cm³/mol. The monoisotopic (exact) mass is 2120 g/mol. The van der Waals surface area contributed by atoms with Gasteiger partial charge in [0.15, 0.2) is 0 Å². The summed E-state index contributed by atoms with van der Waals surface area (Å²) in [4.78, 5) is 139. The van der Waals surface area contributed by atoms with Crippen molar-refractivity contribution in [2.75, 3.05) is 61.3 Å². The van der Waals surface area contributed by atoms with Crippen LogP contribution in [-0.2, 0) is 104 Å². The number of halogens is 5. The Hall–Kier alpha value is -16.2. The minimum Gasteiger partial charge on any atom is -0.325 e. The van der Waals surface area contributed by atoms with Crippen LogP contribution in [0.25, 0.3) is 53.9 Å². The Balaban J connectivity index is 0.000000131. The van der Waals surface area contributed by atoms with Crippen LogP contribution in [0.4, 0.5) is 47.3 Å². The smallest absolute Gasteiger partial charge is 0.325 e. The molecule has 5 aliphatic heterocycles. The normalized spacial score (nSPS) is 17.8. The third kappa shape index (κ3) is 20.2. The lowest BCUT2D eigenvalue weighted by atomic mass is 9.94. The highest BCUT2D eigenvalue weighted by atomic mass is 35.5. The maximum atomic E-state index is 13.0. The van der Waals surface area contributed by atoms with Gasteiger partial charge in [0.1, 0.15) is 29.6 Å². The molecule has 5 heterocycles. The number of non-ortho nitro benzene ring substituents is 1. The standard InChI is InChI=1S/2C21H17ClN2O4S.C21H15F3N2O4S.C21H18N2O4S.C20H15N3O6S/c1-12-7-8-15(11-17(12)22)23-20(25)19-16-9-13-5-3-4-6-14(13)10-18(16)29(27,28)24(2)21(19)26;1-2-24-21(26)19(20(25)23-16-9-7-15(22)8-10-16)17-11-13-5-3-4-6-14(13)12-18(17)29(24,27)28;1-26-20(28)18(19(27)25-15-8-4-7-14(11-15)21(22,23)24)16-9-12-5-2-3-6-13(12)10-17(16)31(26,29)30;1-13-7-9-16(10-8-13)22-20(24)19-17-11-14-5-3-4-6-15(14)12-18(17)28(26,27)23(2)21(19)25;1-22-20(25)18(19(24)21-14-6-8-15(9-7-14)23(26)27)16-10-12-4-2-3-5-13(12)11-17(16)30(22,28)29/h3-11,19H,1-2H3,(H,23,25);3-12,19H,2H2,1H3,(H,23,25);2-11,18H,1H3,(H,25,27);3-12,19H,1-2H3,(H,22,24);2-11,18H,1H3,(H,21,24). The molecule has 0 aromatic heterocycles. The van der Waals surface area contributed by atoms with Gasteiger partial charge >= 0.3 is 6.18 Å². The Bertz CT molecular complexity index is 8740. The van der Waals surface area contributed by atoms with E-state index >= 15 is 0 Å². The maximum absolute atomic E-state index is 13.0. The van der Waals surface area contributed by atoms with Crippen LogP contribution in [0.15, 0.2) is 322 Å². The minimum atomic E-state index is -4.61. The number of nitrogens with zero attached hydrogens (tertiary/aromatic N) is 6. The first-order chi connectivity index (χ1) is 69.5. The Morgan fingerprint density at radius 2 is 0.578 bits per heavy atom. The molecule has 0 saturated heterocycles. The van der Waals surface area contributed by atoms with Crippen molar-refractivity contribution < 1.29 is 108 Å². The molecule has 0 spiro atoms. The molecule has 147 heavy (non-hydrogen) atoms. The summed E-state index contributed by atoms with van der Waals surface area (Å²) in [5.41, 5.74) is 2.92. The molecule has 15 aromatic rings. The van der Waals surface area contributed by atoms with E-state index in [9.17, 15) is 113 Å². The third-order valence-corrected chi connectivity index (χ3v) is 34.9. The van der Waals surface area contributed by atoms with E-state index in [4.69, 9.17) is 23.2 Å². The number of aryl methyl sites for hydroxylation is 2. The number of hydrogen-bond donors (Lipinski definition) is 5. The second kappa shape index (κ2) is 40.4. The van der Waals surface area contributed by atoms with Gasteiger partial charge in [0.25, 0.3) is 85.3 Å². The molecule has 5 aliphatic rings. The molecule has 0 bridgehead atoms. The van der Waals surface area contributed by atoms with Crippen LogP contribution in [0.2, 0.25) is 10.0 Å². The molecule has 5 atom stereocenters. The molecule has 0 radical (unpaired) electrons. The number of alkyl halides is 3. The van der Waals surface area contributed by atoms with Crippen LogP contribution in [0.1, 0.15) is 81.0 Å². The number of nitro groups is 1. The second-order valence-electron chi connectivity index (χ2n) is 34.3. The Kier molecular flexibility index (Phi) is 28.5. The number of hydrogen-bond acceptors (Lipinski definition) is 22. The summed E-state index contributed by atoms with van der Waals surface area (Å²) in [6.45, 7) is 5.27. The van der Waals surface area contributed by atoms with E-state index in [0.717, 1.165) is 74.7 Å². The van der Waals surface area contributed by atoms with Crippen LogP contribution in [0.3, 0.4) is 0 Å². The predicted octanol–water partition coefficient (Wildman–Crippen LogP) is 16.9. The van der Waals surface area contributed by atoms with Crippen molar-refractivity contribution in [1.82, 2.24) is 21.5 Å². The van der Waals surface area contributed by atoms with Crippen molar-refractivity contribution in [3.8, 4) is 0 Å². The maximum Gasteiger partial charge on any atom is 0.416 e. The fourth-order valence-corrected chi connectivity index (χ4v) is 24.7. The largest absolute Gasteiger partial charge is 0.416 e. The summed E-state index contributed by atoms with van der Waals surface area (Å²) in [6, 6.07) is 78.4. The van der Waals surface area contributed by atoms with E-state index in [1.807, 2.05) is 56.3 Å². The van der Waals surface area contributed by atoms with Gasteiger partial charge in [-0.05, 0) is 248 Å². The number of fused-ring (bicyclic) bond motifs is 10. The lowest BCUT2D eigenvalue weighted by Gasteiger charge is -2.32. The van der Waals surface area contributed by atoms with Crippen LogP contribution < -0.4 is 26.6 Å². The van der Waals surface area contributed by atoms with Gasteiger partial charge in [0, 0.05) is 85.4 Å². The molecular weight excluding hydrogens is 2040 g/mol. The molecule has 43 heteroatoms. The Labute approximate surface area is 848 Å². The first-order valence-electron chi connectivity index (χ1n) is 44.4. The van der Waals surface area contributed by atoms with Gasteiger partial charge in [-0.25, -0.2) is 63.6 Å². The second-order valence-corrected chi connectivity index (χ2v) is 44.7. The molecule has 0 aliphatic carbocycles. The first kappa shape index (κ1) is 104. The van der Waals surface area contributed by atoms with Gasteiger partial charge in [0.05, 0.1) is 35.0 Å². The fourth-order valence-electron chi connectivity index (χ4n) is 17.2. The molecule has 10 amide bonds. The van der Waals surface area contributed by atoms with E-state index in [1.165, 1.54) is 86.9 Å². The molecule has 5 N–H and O–H groups in total. The zero-order valence-corrected chi connectivity index (χ0v) is 83.6. The molecule has 15 aromatic carbocycles. The molecule has 33 nitrogen and oxygen atoms in total. The summed E-state index contributed by atoms with van der Waals surface area (Å²) >= 11 is 12.0. The summed E-state index contributed by atoms with van der Waals surface area (Å²) in [5, 5.41) is 31.7. The van der Waals surface area contributed by atoms with Gasteiger partial charge in [0.2, 0.25) is 29.5 Å². The van der Waals surface area contributed by atoms with Crippen molar-refractivity contribution in [2.24, 2.45) is 0 Å². The van der Waals surface area contributed by atoms with Crippen molar-refractivity contribution >= 4 is 220 Å². The number of carbonyl (C=O) groups excluding carboxylic acids is 10. The van der Waals surface area contributed by atoms with E-state index in [0.29, 0.717) is 71.3 Å². The number of carbonyl (C=O) groups is 10. The molecule has 0 fully saturated rings. The number of nitrogens with one attached hydrogen (secondary N) is 5. The summed E-state index contributed by atoms with van der Waals surface area (Å²) in [6.07, 6.45) is -4.61. The fraction of sp³-hybridized carbons (Fsp3) is 0.135. The Morgan fingerprint density at radius 3 is 0.857 bits per heavy atom. The van der Waals surface area contributed by atoms with Crippen LogP contribution >= 0.6 is 23.2 Å². The average Bonchev–Trinajstić information content (AvgIpc) is 0.745. The number of amides is 10. The summed E-state index contributed by atoms with van der Waals surface area (Å²) in [5.74, 6) is -14.4. The zero-order valence-electron chi connectivity index (χ0n) is 78.0. The molecule has 20 rings (SSSR count). The molecule has 750 valence electrons. The molecule has 0 saturated carbocycles. The topological polar surface area (TPSA) is 461 Å². The highest BCUT2D eigenvalue weighted by molar-refractivity contribution is 7.91. The van der Waals surface area contributed by atoms with Crippen molar-refractivity contribution in [1.29, 1.82) is 0 Å². The van der Waals surface area contributed by atoms with E-state index in [-0.39, 0.29) is 75.9 Å². The van der Waals surface area contributed by atoms with Gasteiger partial charge in [-0.3, -0.25) is 58.1 Å². The van der Waals surface area contributed by atoms with Crippen LogP contribution in [0.5, 0.6) is 0 Å². The van der Waals surface area contributed by atoms with Gasteiger partial charge < -0.3 is 26.6 Å². The third-order valence-electron chi connectivity index (χ3n) is 25.1. The van der Waals surface area contributed by atoms with E-state index in [2.05, 4.69) is 26.6 Å². The number of benzene rings is 15. The number of anilines is 5. The van der Waals surface area contributed by atoms with Gasteiger partial charge in [-0.2, -0.15) is 13.2 Å². The first-order valence-corrected chi connectivity index (χ1v) is 52.3. The highest BCUT2D eigenvalue weighted by Gasteiger charge is 2.51. The molecule has 5 unspecified atom stereocenters. The zero-order chi connectivity index (χ0) is 106. The number of sulfonamides is 5. The minimum absolute atomic E-state index is 0.0163. The van der Waals surface area contributed by atoms with Gasteiger partial charge in [-0.1, -0.05) is 174 Å². The van der Waals surface area contributed by atoms with Crippen LogP contribution in [0, 0.1) is 24.0 Å². The lowest BCUT2D eigenvalue weighted by Crippen LogP contribution is -2.47. The number of nitro benzene ring substituents is 1. The quantitative estimate of drug-likeness (QED) is 0.0431.